The third-order valence-electron chi connectivity index (χ3n) is 7.12. The molecule has 29 heavy (non-hydrogen) atoms. The molecule has 2 aliphatic carbocycles. The molecule has 7 atom stereocenters. The van der Waals surface area contributed by atoms with Gasteiger partial charge >= 0.3 is 6.09 Å². The molecule has 2 spiro atoms. The van der Waals surface area contributed by atoms with Gasteiger partial charge in [0.15, 0.2) is 0 Å². The second-order valence-corrected chi connectivity index (χ2v) is 9.22. The van der Waals surface area contributed by atoms with Crippen LogP contribution in [0, 0.1) is 5.92 Å². The number of carbonyl (C=O) groups is 1. The van der Waals surface area contributed by atoms with Crippen LogP contribution >= 0.6 is 0 Å². The lowest BCUT2D eigenvalue weighted by atomic mass is 9.55. The van der Waals surface area contributed by atoms with Crippen LogP contribution in [0.25, 0.3) is 0 Å². The first-order valence-corrected chi connectivity index (χ1v) is 11.2. The number of methoxy groups -OCH3 is 1. The van der Waals surface area contributed by atoms with E-state index in [-0.39, 0.29) is 47.6 Å². The molecule has 7 heteroatoms. The van der Waals surface area contributed by atoms with Gasteiger partial charge in [0.1, 0.15) is 29.5 Å². The number of carbonyl (C=O) groups excluding carboxylic acids is 1. The Bertz CT molecular complexity index is 651. The monoisotopic (exact) mass is 408 g/mol. The van der Waals surface area contributed by atoms with Gasteiger partial charge in [-0.25, -0.2) is 4.79 Å². The molecule has 0 aromatic heterocycles. The Morgan fingerprint density at radius 1 is 1.24 bits per heavy atom. The summed E-state index contributed by atoms with van der Waals surface area (Å²) in [7, 11) is 1.70. The second-order valence-electron chi connectivity index (χ2n) is 9.22. The van der Waals surface area contributed by atoms with Crippen molar-refractivity contribution < 1.29 is 23.7 Å². The Balaban J connectivity index is 1.29. The molecule has 0 aromatic rings. The smallest absolute Gasteiger partial charge is 0.407 e. The van der Waals surface area contributed by atoms with Crippen molar-refractivity contribution in [3.8, 4) is 0 Å². The lowest BCUT2D eigenvalue weighted by Crippen LogP contribution is -2.66. The normalized spacial score (nSPS) is 41.0. The molecule has 0 bridgehead atoms. The van der Waals surface area contributed by atoms with E-state index in [1.807, 2.05) is 0 Å². The van der Waals surface area contributed by atoms with Crippen molar-refractivity contribution in [1.29, 1.82) is 0 Å². The average Bonchev–Trinajstić information content (AvgIpc) is 3.57. The zero-order valence-electron chi connectivity index (χ0n) is 17.9. The first-order chi connectivity index (χ1) is 14.0. The van der Waals surface area contributed by atoms with E-state index in [1.165, 1.54) is 5.57 Å². The van der Waals surface area contributed by atoms with Crippen molar-refractivity contribution in [1.82, 2.24) is 5.32 Å². The molecule has 4 aliphatic rings. The molecule has 7 nitrogen and oxygen atoms in total. The fraction of sp³-hybridized carbons (Fsp3) is 0.864. The number of epoxide rings is 2. The molecule has 4 fully saturated rings. The molecule has 3 N–H and O–H groups in total. The fourth-order valence-electron chi connectivity index (χ4n) is 5.67. The SMILES string of the molecule is COC1C(OC(=O)NCCCCCCN)CC[C@]23OC2C2(O[C@@H]2CC=C(C)C)C13. The summed E-state index contributed by atoms with van der Waals surface area (Å²) in [5, 5.41) is 2.88. The maximum atomic E-state index is 12.3. The minimum atomic E-state index is -0.355. The maximum absolute atomic E-state index is 12.3. The molecule has 2 saturated heterocycles. The molecule has 2 saturated carbocycles. The van der Waals surface area contributed by atoms with Crippen LogP contribution in [0.4, 0.5) is 4.79 Å². The zero-order chi connectivity index (χ0) is 20.6. The quantitative estimate of drug-likeness (QED) is 0.328. The Morgan fingerprint density at radius 2 is 2.03 bits per heavy atom. The number of amides is 1. The van der Waals surface area contributed by atoms with Gasteiger partial charge in [0.25, 0.3) is 0 Å². The van der Waals surface area contributed by atoms with Crippen molar-refractivity contribution in [2.75, 3.05) is 20.2 Å². The number of ether oxygens (including phenoxy) is 4. The zero-order valence-corrected chi connectivity index (χ0v) is 17.9. The molecule has 0 aromatic carbocycles. The summed E-state index contributed by atoms with van der Waals surface area (Å²) in [4.78, 5) is 12.3. The largest absolute Gasteiger partial charge is 0.443 e. The van der Waals surface area contributed by atoms with Crippen molar-refractivity contribution in [2.24, 2.45) is 11.7 Å². The summed E-state index contributed by atoms with van der Waals surface area (Å²) < 4.78 is 24.0. The summed E-state index contributed by atoms with van der Waals surface area (Å²) in [6.45, 7) is 5.56. The highest BCUT2D eigenvalue weighted by atomic mass is 16.7. The van der Waals surface area contributed by atoms with Crippen LogP contribution in [0.3, 0.4) is 0 Å². The molecular formula is C22H36N2O5. The van der Waals surface area contributed by atoms with Gasteiger partial charge in [-0.3, -0.25) is 0 Å². The number of allylic oxidation sites excluding steroid dienone is 1. The standard InChI is InChI=1S/C22H36N2O5/c1-14(2)8-9-16-22(28-16)18-17(26-3)15(10-11-21(18)19(22)29-21)27-20(25)24-13-7-5-4-6-12-23/h8,15-19H,4-7,9-13,23H2,1-3H3,(H,24,25)/t15?,16-,17?,18?,19?,21-,22?/m1/s1. The Labute approximate surface area is 173 Å². The van der Waals surface area contributed by atoms with Gasteiger partial charge in [-0.05, 0) is 52.5 Å². The van der Waals surface area contributed by atoms with E-state index in [1.54, 1.807) is 7.11 Å². The van der Waals surface area contributed by atoms with E-state index in [0.29, 0.717) is 6.54 Å². The second kappa shape index (κ2) is 8.17. The first kappa shape index (κ1) is 21.1. The van der Waals surface area contributed by atoms with Crippen LogP contribution in [0.15, 0.2) is 11.6 Å². The van der Waals surface area contributed by atoms with E-state index in [9.17, 15) is 4.79 Å². The van der Waals surface area contributed by atoms with Crippen molar-refractivity contribution in [3.63, 3.8) is 0 Å². The van der Waals surface area contributed by atoms with Crippen molar-refractivity contribution in [3.05, 3.63) is 11.6 Å². The molecule has 2 aliphatic heterocycles. The molecule has 164 valence electrons. The number of hydrogen-bond donors (Lipinski definition) is 2. The predicted octanol–water partition coefficient (Wildman–Crippen LogP) is 2.67. The maximum Gasteiger partial charge on any atom is 0.407 e. The first-order valence-electron chi connectivity index (χ1n) is 11.2. The van der Waals surface area contributed by atoms with Crippen LogP contribution in [0.1, 0.15) is 58.8 Å². The molecule has 1 amide bonds. The molecule has 4 rings (SSSR count). The van der Waals surface area contributed by atoms with Crippen LogP contribution < -0.4 is 11.1 Å². The number of unbranched alkanes of at least 4 members (excludes halogenated alkanes) is 3. The van der Waals surface area contributed by atoms with E-state index >= 15 is 0 Å². The number of hydrogen-bond acceptors (Lipinski definition) is 6. The lowest BCUT2D eigenvalue weighted by molar-refractivity contribution is -0.133. The Morgan fingerprint density at radius 3 is 2.76 bits per heavy atom. The highest BCUT2D eigenvalue weighted by Crippen LogP contribution is 2.77. The third-order valence-corrected chi connectivity index (χ3v) is 7.12. The molecular weight excluding hydrogens is 372 g/mol. The van der Waals surface area contributed by atoms with E-state index in [4.69, 9.17) is 24.7 Å². The topological polar surface area (TPSA) is 98.6 Å². The summed E-state index contributed by atoms with van der Waals surface area (Å²) >= 11 is 0. The molecule has 0 radical (unpaired) electrons. The van der Waals surface area contributed by atoms with Crippen LogP contribution in [0.5, 0.6) is 0 Å². The van der Waals surface area contributed by atoms with Gasteiger partial charge in [-0.1, -0.05) is 24.5 Å². The summed E-state index contributed by atoms with van der Waals surface area (Å²) in [6.07, 6.45) is 8.51. The van der Waals surface area contributed by atoms with E-state index < -0.39 is 0 Å². The van der Waals surface area contributed by atoms with Crippen molar-refractivity contribution in [2.45, 2.75) is 94.4 Å². The number of rotatable bonds is 10. The van der Waals surface area contributed by atoms with Gasteiger partial charge in [-0.2, -0.15) is 0 Å². The minimum absolute atomic E-state index is 0.111. The number of nitrogens with one attached hydrogen (secondary N) is 1. The highest BCUT2D eigenvalue weighted by molar-refractivity contribution is 5.67. The summed E-state index contributed by atoms with van der Waals surface area (Å²) in [5.74, 6) is 0.142. The Kier molecular flexibility index (Phi) is 5.95. The molecule has 2 heterocycles. The van der Waals surface area contributed by atoms with Gasteiger partial charge in [0, 0.05) is 13.7 Å². The van der Waals surface area contributed by atoms with Crippen molar-refractivity contribution >= 4 is 6.09 Å². The van der Waals surface area contributed by atoms with E-state index in [2.05, 4.69) is 25.2 Å². The van der Waals surface area contributed by atoms with Crippen LogP contribution in [-0.2, 0) is 18.9 Å². The molecule has 5 unspecified atom stereocenters. The lowest BCUT2D eigenvalue weighted by Gasteiger charge is -2.48. The van der Waals surface area contributed by atoms with Gasteiger partial charge in [0.2, 0.25) is 0 Å². The number of alkyl carbamates (subject to hydrolysis) is 1. The van der Waals surface area contributed by atoms with Gasteiger partial charge in [-0.15, -0.1) is 0 Å². The van der Waals surface area contributed by atoms with E-state index in [0.717, 1.165) is 51.5 Å². The number of nitrogens with two attached hydrogens (primary N) is 1. The predicted molar refractivity (Wildman–Crippen MR) is 109 cm³/mol. The number of fused-ring (bicyclic) bond motifs is 2. The van der Waals surface area contributed by atoms with Crippen LogP contribution in [0.2, 0.25) is 0 Å². The third kappa shape index (κ3) is 3.60. The highest BCUT2D eigenvalue weighted by Gasteiger charge is 2.94. The Hall–Kier alpha value is -1.15. The summed E-state index contributed by atoms with van der Waals surface area (Å²) in [6, 6.07) is 0. The summed E-state index contributed by atoms with van der Waals surface area (Å²) in [5.41, 5.74) is 6.44. The average molecular weight is 409 g/mol. The minimum Gasteiger partial charge on any atom is -0.443 e. The van der Waals surface area contributed by atoms with Crippen LogP contribution in [-0.4, -0.2) is 61.9 Å². The van der Waals surface area contributed by atoms with Gasteiger partial charge < -0.3 is 30.0 Å². The van der Waals surface area contributed by atoms with Gasteiger partial charge in [0.05, 0.1) is 12.0 Å². The fourth-order valence-corrected chi connectivity index (χ4v) is 5.67.